The molecule has 5 aromatic rings. The second kappa shape index (κ2) is 18.4. The summed E-state index contributed by atoms with van der Waals surface area (Å²) in [4.78, 5) is 29.1. The summed E-state index contributed by atoms with van der Waals surface area (Å²) in [6.45, 7) is 0.811. The van der Waals surface area contributed by atoms with Gasteiger partial charge in [0.25, 0.3) is 0 Å². The van der Waals surface area contributed by atoms with Crippen molar-refractivity contribution in [2.24, 2.45) is 0 Å². The zero-order chi connectivity index (χ0) is 37.2. The van der Waals surface area contributed by atoms with Gasteiger partial charge in [-0.15, -0.1) is 0 Å². The van der Waals surface area contributed by atoms with E-state index in [1.54, 1.807) is 23.0 Å². The van der Waals surface area contributed by atoms with Crippen molar-refractivity contribution in [1.82, 2.24) is 14.9 Å². The molecule has 276 valence electrons. The van der Waals surface area contributed by atoms with E-state index >= 15 is 0 Å². The number of anilines is 2. The molecule has 1 aliphatic heterocycles. The minimum Gasteiger partial charge on any atom is -0.397 e. The van der Waals surface area contributed by atoms with Gasteiger partial charge in [-0.3, -0.25) is 9.59 Å². The number of ether oxygens (including phenoxy) is 2. The van der Waals surface area contributed by atoms with Crippen molar-refractivity contribution in [3.8, 4) is 11.1 Å². The highest BCUT2D eigenvalue weighted by Crippen LogP contribution is 2.39. The Bertz CT molecular complexity index is 1990. The van der Waals surface area contributed by atoms with Crippen molar-refractivity contribution in [2.45, 2.75) is 76.7 Å². The van der Waals surface area contributed by atoms with Gasteiger partial charge in [-0.25, -0.2) is 4.98 Å². The molecule has 53 heavy (non-hydrogen) atoms. The van der Waals surface area contributed by atoms with Gasteiger partial charge in [-0.2, -0.15) is 0 Å². The molecule has 2 amide bonds. The van der Waals surface area contributed by atoms with Crippen LogP contribution in [-0.2, 0) is 38.8 Å². The molecule has 0 aliphatic carbocycles. The van der Waals surface area contributed by atoms with E-state index in [1.165, 1.54) is 0 Å². The fourth-order valence-electron chi connectivity index (χ4n) is 6.35. The van der Waals surface area contributed by atoms with Gasteiger partial charge in [0.1, 0.15) is 5.15 Å². The van der Waals surface area contributed by atoms with Crippen molar-refractivity contribution in [2.75, 3.05) is 11.1 Å². The second-order valence-electron chi connectivity index (χ2n) is 13.1. The number of hydrogen-bond donors (Lipinski definition) is 4. The van der Waals surface area contributed by atoms with Crippen LogP contribution in [-0.4, -0.2) is 32.6 Å². The van der Waals surface area contributed by atoms with Crippen LogP contribution in [0.3, 0.4) is 0 Å². The molecule has 2 heterocycles. The predicted molar refractivity (Wildman–Crippen MR) is 207 cm³/mol. The molecule has 1 fully saturated rings. The molecule has 12 heteroatoms. The lowest BCUT2D eigenvalue weighted by atomic mass is 9.97. The maximum Gasteiger partial charge on any atom is 0.224 e. The number of imidazole rings is 1. The van der Waals surface area contributed by atoms with Gasteiger partial charge in [0.2, 0.25) is 11.8 Å². The highest BCUT2D eigenvalue weighted by atomic mass is 35.5. The molecule has 0 radical (unpaired) electrons. The molecule has 0 saturated carbocycles. The van der Waals surface area contributed by atoms with Crippen LogP contribution in [0.15, 0.2) is 103 Å². The molecule has 0 bridgehead atoms. The Hall–Kier alpha value is -4.71. The van der Waals surface area contributed by atoms with Gasteiger partial charge < -0.3 is 35.5 Å². The van der Waals surface area contributed by atoms with Gasteiger partial charge in [-0.05, 0) is 52.8 Å². The third-order valence-corrected chi connectivity index (χ3v) is 10.0. The summed E-state index contributed by atoms with van der Waals surface area (Å²) in [5.41, 5.74) is 12.7. The number of hydrogen-bond acceptors (Lipinski definition) is 7. The highest BCUT2D eigenvalue weighted by Gasteiger charge is 2.33. The number of halogens is 2. The fourth-order valence-corrected chi connectivity index (χ4v) is 6.67. The first-order valence-corrected chi connectivity index (χ1v) is 18.5. The summed E-state index contributed by atoms with van der Waals surface area (Å²) in [6, 6.07) is 31.0. The summed E-state index contributed by atoms with van der Waals surface area (Å²) in [5.74, 6) is -0.117. The molecule has 0 spiro atoms. The molecule has 4 aromatic carbocycles. The number of carbonyl (C=O) groups excluding carboxylic acids is 2. The maximum atomic E-state index is 12.7. The van der Waals surface area contributed by atoms with E-state index in [9.17, 15) is 14.7 Å². The molecule has 10 nitrogen and oxygen atoms in total. The number of amides is 2. The van der Waals surface area contributed by atoms with E-state index in [0.717, 1.165) is 39.8 Å². The van der Waals surface area contributed by atoms with Crippen molar-refractivity contribution in [3.05, 3.63) is 136 Å². The lowest BCUT2D eigenvalue weighted by Crippen LogP contribution is -2.32. The number of rotatable bonds is 15. The lowest BCUT2D eigenvalue weighted by molar-refractivity contribution is -0.252. The second-order valence-corrected chi connectivity index (χ2v) is 13.8. The first-order chi connectivity index (χ1) is 25.8. The number of aliphatic hydroxyl groups is 1. The summed E-state index contributed by atoms with van der Waals surface area (Å²) < 4.78 is 14.8. The molecular formula is C41H43Cl2N5O5. The van der Waals surface area contributed by atoms with Crippen LogP contribution in [0.25, 0.3) is 11.1 Å². The Kier molecular flexibility index (Phi) is 13.2. The molecule has 1 saturated heterocycles. The van der Waals surface area contributed by atoms with Crippen molar-refractivity contribution >= 4 is 46.4 Å². The van der Waals surface area contributed by atoms with E-state index in [-0.39, 0.29) is 35.8 Å². The van der Waals surface area contributed by atoms with Crippen molar-refractivity contribution in [3.63, 3.8) is 0 Å². The van der Waals surface area contributed by atoms with E-state index in [4.69, 9.17) is 38.4 Å². The summed E-state index contributed by atoms with van der Waals surface area (Å²) in [5, 5.41) is 16.0. The minimum absolute atomic E-state index is 0.0300. The zero-order valence-electron chi connectivity index (χ0n) is 29.2. The van der Waals surface area contributed by atoms with Crippen LogP contribution >= 0.6 is 23.2 Å². The summed E-state index contributed by atoms with van der Waals surface area (Å²) in [7, 11) is 0. The normalized spacial score (nSPS) is 17.0. The maximum absolute atomic E-state index is 12.7. The van der Waals surface area contributed by atoms with Gasteiger partial charge in [0.15, 0.2) is 11.4 Å². The molecule has 6 rings (SSSR count). The molecule has 0 unspecified atom stereocenters. The third kappa shape index (κ3) is 10.2. The number of aliphatic hydroxyl groups excluding tert-OH is 1. The number of unbranched alkanes of at least 4 members (excludes halogenated alkanes) is 2. The quantitative estimate of drug-likeness (QED) is 0.0622. The number of nitrogens with one attached hydrogen (secondary N) is 2. The fraction of sp³-hybridized carbons (Fsp3) is 0.293. The number of nitrogens with zero attached hydrogens (tertiary/aromatic N) is 2. The Morgan fingerprint density at radius 1 is 0.849 bits per heavy atom. The Morgan fingerprint density at radius 3 is 2.26 bits per heavy atom. The van der Waals surface area contributed by atoms with Crippen molar-refractivity contribution < 1.29 is 24.2 Å². The lowest BCUT2D eigenvalue weighted by Gasteiger charge is -2.36. The van der Waals surface area contributed by atoms with Gasteiger partial charge in [0, 0.05) is 31.4 Å². The topological polar surface area (TPSA) is 141 Å². The molecule has 1 aliphatic rings. The Morgan fingerprint density at radius 2 is 1.55 bits per heavy atom. The number of nitrogen functional groups attached to an aromatic ring is 1. The Balaban J connectivity index is 1.04. The van der Waals surface area contributed by atoms with Crippen LogP contribution in [0.4, 0.5) is 11.4 Å². The van der Waals surface area contributed by atoms with Gasteiger partial charge >= 0.3 is 0 Å². The summed E-state index contributed by atoms with van der Waals surface area (Å²) in [6.07, 6.45) is 3.95. The molecule has 3 atom stereocenters. The van der Waals surface area contributed by atoms with Crippen LogP contribution in [0.1, 0.15) is 73.2 Å². The van der Waals surface area contributed by atoms with E-state index in [2.05, 4.69) is 15.6 Å². The summed E-state index contributed by atoms with van der Waals surface area (Å²) >= 11 is 12.5. The number of benzene rings is 4. The van der Waals surface area contributed by atoms with E-state index in [0.29, 0.717) is 61.7 Å². The molecule has 1 aromatic heterocycles. The number of carbonyl (C=O) groups is 2. The highest BCUT2D eigenvalue weighted by molar-refractivity contribution is 6.40. The van der Waals surface area contributed by atoms with Crippen LogP contribution in [0.2, 0.25) is 10.3 Å². The van der Waals surface area contributed by atoms with E-state index in [1.807, 2.05) is 84.9 Å². The smallest absolute Gasteiger partial charge is 0.224 e. The van der Waals surface area contributed by atoms with Crippen LogP contribution in [0.5, 0.6) is 0 Å². The first-order valence-electron chi connectivity index (χ1n) is 17.7. The van der Waals surface area contributed by atoms with Crippen molar-refractivity contribution in [1.29, 1.82) is 0 Å². The van der Waals surface area contributed by atoms with Crippen LogP contribution in [0, 0.1) is 0 Å². The Labute approximate surface area is 319 Å². The predicted octanol–water partition coefficient (Wildman–Crippen LogP) is 8.38. The number of aromatic nitrogens is 2. The number of nitrogens with two attached hydrogens (primary N) is 1. The average molecular weight is 757 g/mol. The SMILES string of the molecule is Nc1ccccc1NC(=O)CCCCCC(=O)NCc1ccccc1-c1ccc([C@@H]2O[C@H](Cn3cnc(Cl)c3Cl)C[C@H](c3ccc(CO)cc3)O2)cc1. The van der Waals surface area contributed by atoms with Gasteiger partial charge in [-0.1, -0.05) is 115 Å². The monoisotopic (exact) mass is 755 g/mol. The van der Waals surface area contributed by atoms with Crippen LogP contribution < -0.4 is 16.4 Å². The molecule has 5 N–H and O–H groups in total. The average Bonchev–Trinajstić information content (AvgIpc) is 3.50. The largest absolute Gasteiger partial charge is 0.397 e. The molecular weight excluding hydrogens is 713 g/mol. The van der Waals surface area contributed by atoms with E-state index < -0.39 is 6.29 Å². The zero-order valence-corrected chi connectivity index (χ0v) is 30.7. The minimum atomic E-state index is -0.644. The van der Waals surface area contributed by atoms with Gasteiger partial charge in [0.05, 0.1) is 43.1 Å². The third-order valence-electron chi connectivity index (χ3n) is 9.28. The standard InChI is InChI=1S/C41H43Cl2N5O5/c42-39-40(43)48(26-46-39)24-32-22-36(29-16-14-27(25-49)15-17-29)53-41(52-32)30-20-18-28(19-21-30)33-9-5-4-8-31(33)23-45-37(50)12-2-1-3-13-38(51)47-35-11-7-6-10-34(35)44/h4-11,14-21,26,32,36,41,49H,1-3,12-13,22-25,44H2,(H,45,50)(H,47,51)/t32-,36+,41+/m0/s1. The first kappa shape index (κ1) is 38.0. The number of para-hydroxylation sites is 2.